The Bertz CT molecular complexity index is 440. The molecular formula is C13H23N5OS. The molecule has 1 aliphatic rings. The van der Waals surface area contributed by atoms with Crippen molar-refractivity contribution in [3.8, 4) is 0 Å². The van der Waals surface area contributed by atoms with Crippen molar-refractivity contribution in [3.05, 3.63) is 4.88 Å². The molecule has 1 fully saturated rings. The smallest absolute Gasteiger partial charge is 0.265 e. The van der Waals surface area contributed by atoms with Gasteiger partial charge in [-0.3, -0.25) is 4.79 Å². The number of hydrogen-bond donors (Lipinski definition) is 3. The lowest BCUT2D eigenvalue weighted by atomic mass is 10.2. The number of anilines is 2. The molecule has 0 saturated carbocycles. The van der Waals surface area contributed by atoms with Crippen LogP contribution in [0.5, 0.6) is 0 Å². The predicted molar refractivity (Wildman–Crippen MR) is 83.2 cm³/mol. The summed E-state index contributed by atoms with van der Waals surface area (Å²) < 4.78 is 0. The van der Waals surface area contributed by atoms with E-state index in [1.807, 2.05) is 0 Å². The maximum absolute atomic E-state index is 12.0. The maximum Gasteiger partial charge on any atom is 0.265 e. The number of carbonyl (C=O) groups is 1. The van der Waals surface area contributed by atoms with Crippen LogP contribution in [0.15, 0.2) is 0 Å². The summed E-state index contributed by atoms with van der Waals surface area (Å²) in [6.45, 7) is 3.14. The van der Waals surface area contributed by atoms with Crippen LogP contribution in [0.2, 0.25) is 0 Å². The number of rotatable bonds is 5. The number of nitrogens with one attached hydrogen (secondary N) is 1. The molecule has 7 heteroatoms. The van der Waals surface area contributed by atoms with Gasteiger partial charge in [0.1, 0.15) is 10.7 Å². The molecule has 1 aromatic rings. The van der Waals surface area contributed by atoms with Gasteiger partial charge in [0.15, 0.2) is 5.13 Å². The number of thiazole rings is 1. The number of nitrogen functional groups attached to an aromatic ring is 1. The van der Waals surface area contributed by atoms with Crippen LogP contribution in [0.3, 0.4) is 0 Å². The summed E-state index contributed by atoms with van der Waals surface area (Å²) in [6.07, 6.45) is 5.66. The van der Waals surface area contributed by atoms with Gasteiger partial charge in [0.25, 0.3) is 5.91 Å². The van der Waals surface area contributed by atoms with Crippen LogP contribution in [-0.4, -0.2) is 37.1 Å². The molecule has 0 unspecified atom stereocenters. The zero-order valence-corrected chi connectivity index (χ0v) is 12.5. The monoisotopic (exact) mass is 297 g/mol. The fourth-order valence-electron chi connectivity index (χ4n) is 2.26. The van der Waals surface area contributed by atoms with Crippen molar-refractivity contribution in [2.75, 3.05) is 36.8 Å². The third kappa shape index (κ3) is 3.83. The average Bonchev–Trinajstić information content (AvgIpc) is 2.66. The maximum atomic E-state index is 12.0. The van der Waals surface area contributed by atoms with Crippen molar-refractivity contribution in [2.45, 2.75) is 32.1 Å². The highest BCUT2D eigenvalue weighted by Gasteiger charge is 2.20. The summed E-state index contributed by atoms with van der Waals surface area (Å²) in [5.41, 5.74) is 11.3. The number of carbonyl (C=O) groups excluding carboxylic acids is 1. The normalized spacial score (nSPS) is 15.9. The van der Waals surface area contributed by atoms with Crippen molar-refractivity contribution < 1.29 is 4.79 Å². The van der Waals surface area contributed by atoms with Crippen LogP contribution in [0.1, 0.15) is 41.8 Å². The summed E-state index contributed by atoms with van der Waals surface area (Å²) in [4.78, 5) is 19.1. The number of aromatic nitrogens is 1. The van der Waals surface area contributed by atoms with Crippen LogP contribution >= 0.6 is 11.3 Å². The largest absolute Gasteiger partial charge is 0.382 e. The molecule has 0 aromatic carbocycles. The minimum absolute atomic E-state index is 0.144. The molecule has 2 heterocycles. The molecule has 1 aliphatic heterocycles. The van der Waals surface area contributed by atoms with E-state index < -0.39 is 0 Å². The lowest BCUT2D eigenvalue weighted by molar-refractivity contribution is 0.0958. The van der Waals surface area contributed by atoms with Crippen LogP contribution in [0.25, 0.3) is 0 Å². The molecule has 20 heavy (non-hydrogen) atoms. The van der Waals surface area contributed by atoms with E-state index in [4.69, 9.17) is 11.5 Å². The first-order chi connectivity index (χ1) is 9.72. The second kappa shape index (κ2) is 7.44. The number of nitrogens with two attached hydrogens (primary N) is 2. The predicted octanol–water partition coefficient (Wildman–Crippen LogP) is 1.18. The highest BCUT2D eigenvalue weighted by Crippen LogP contribution is 2.29. The van der Waals surface area contributed by atoms with Crippen LogP contribution in [-0.2, 0) is 0 Å². The highest BCUT2D eigenvalue weighted by atomic mass is 32.1. The van der Waals surface area contributed by atoms with Gasteiger partial charge in [-0.05, 0) is 25.8 Å². The topological polar surface area (TPSA) is 97.3 Å². The van der Waals surface area contributed by atoms with Gasteiger partial charge in [0.2, 0.25) is 0 Å². The number of nitrogens with zero attached hydrogens (tertiary/aromatic N) is 2. The summed E-state index contributed by atoms with van der Waals surface area (Å²) in [5.74, 6) is 0.189. The zero-order chi connectivity index (χ0) is 14.4. The molecule has 6 nitrogen and oxygen atoms in total. The van der Waals surface area contributed by atoms with E-state index in [2.05, 4.69) is 15.2 Å². The van der Waals surface area contributed by atoms with Crippen molar-refractivity contribution in [1.82, 2.24) is 10.3 Å². The Labute approximate surface area is 123 Å². The third-order valence-electron chi connectivity index (χ3n) is 3.39. The first kappa shape index (κ1) is 15.1. The molecule has 1 amide bonds. The van der Waals surface area contributed by atoms with Gasteiger partial charge in [0, 0.05) is 19.6 Å². The van der Waals surface area contributed by atoms with Crippen molar-refractivity contribution in [1.29, 1.82) is 0 Å². The molecule has 0 radical (unpaired) electrons. The number of amides is 1. The van der Waals surface area contributed by atoms with E-state index in [1.54, 1.807) is 0 Å². The molecular weight excluding hydrogens is 274 g/mol. The van der Waals surface area contributed by atoms with Gasteiger partial charge in [-0.15, -0.1) is 0 Å². The highest BCUT2D eigenvalue weighted by molar-refractivity contribution is 7.18. The SMILES string of the molecule is NCCCNC(=O)c1sc(N2CCCCCC2)nc1N. The Hall–Kier alpha value is -1.34. The Morgan fingerprint density at radius 2 is 2.00 bits per heavy atom. The molecule has 112 valence electrons. The first-order valence-electron chi connectivity index (χ1n) is 7.22. The lowest BCUT2D eigenvalue weighted by Gasteiger charge is -2.18. The van der Waals surface area contributed by atoms with Gasteiger partial charge in [0.05, 0.1) is 0 Å². The molecule has 1 aromatic heterocycles. The second-order valence-corrected chi connectivity index (χ2v) is 5.99. The van der Waals surface area contributed by atoms with E-state index in [1.165, 1.54) is 37.0 Å². The van der Waals surface area contributed by atoms with Gasteiger partial charge < -0.3 is 21.7 Å². The van der Waals surface area contributed by atoms with Crippen molar-refractivity contribution >= 4 is 28.2 Å². The second-order valence-electron chi connectivity index (χ2n) is 5.01. The first-order valence-corrected chi connectivity index (χ1v) is 8.03. The Morgan fingerprint density at radius 1 is 1.30 bits per heavy atom. The fraction of sp³-hybridized carbons (Fsp3) is 0.692. The van der Waals surface area contributed by atoms with Crippen molar-refractivity contribution in [2.24, 2.45) is 5.73 Å². The molecule has 5 N–H and O–H groups in total. The molecule has 2 rings (SSSR count). The van der Waals surface area contributed by atoms with Crippen LogP contribution < -0.4 is 21.7 Å². The van der Waals surface area contributed by atoms with E-state index in [9.17, 15) is 4.79 Å². The third-order valence-corrected chi connectivity index (χ3v) is 4.52. The van der Waals surface area contributed by atoms with Crippen LogP contribution in [0, 0.1) is 0 Å². The fourth-order valence-corrected chi connectivity index (χ4v) is 3.22. The summed E-state index contributed by atoms with van der Waals surface area (Å²) in [5, 5.41) is 3.69. The van der Waals surface area contributed by atoms with Gasteiger partial charge in [-0.1, -0.05) is 24.2 Å². The van der Waals surface area contributed by atoms with E-state index in [0.29, 0.717) is 23.8 Å². The summed E-state index contributed by atoms with van der Waals surface area (Å²) in [7, 11) is 0. The van der Waals surface area contributed by atoms with E-state index in [-0.39, 0.29) is 5.91 Å². The minimum atomic E-state index is -0.144. The molecule has 0 spiro atoms. The molecule has 0 atom stereocenters. The van der Waals surface area contributed by atoms with E-state index >= 15 is 0 Å². The summed E-state index contributed by atoms with van der Waals surface area (Å²) in [6, 6.07) is 0. The summed E-state index contributed by atoms with van der Waals surface area (Å²) >= 11 is 1.39. The standard InChI is InChI=1S/C13H23N5OS/c14-6-5-7-16-12(19)10-11(15)17-13(20-10)18-8-3-1-2-4-9-18/h1-9,14-15H2,(H,16,19). The van der Waals surface area contributed by atoms with Gasteiger partial charge in [-0.2, -0.15) is 0 Å². The molecule has 1 saturated heterocycles. The van der Waals surface area contributed by atoms with Crippen LogP contribution in [0.4, 0.5) is 10.9 Å². The van der Waals surface area contributed by atoms with E-state index in [0.717, 1.165) is 24.6 Å². The quantitative estimate of drug-likeness (QED) is 0.709. The number of hydrogen-bond acceptors (Lipinski definition) is 6. The van der Waals surface area contributed by atoms with Crippen molar-refractivity contribution in [3.63, 3.8) is 0 Å². The zero-order valence-electron chi connectivity index (χ0n) is 11.7. The minimum Gasteiger partial charge on any atom is -0.382 e. The Kier molecular flexibility index (Phi) is 5.60. The Morgan fingerprint density at radius 3 is 2.65 bits per heavy atom. The lowest BCUT2D eigenvalue weighted by Crippen LogP contribution is -2.25. The molecule has 0 bridgehead atoms. The van der Waals surface area contributed by atoms with Gasteiger partial charge in [-0.25, -0.2) is 4.98 Å². The Balaban J connectivity index is 2.02. The molecule has 0 aliphatic carbocycles. The van der Waals surface area contributed by atoms with Gasteiger partial charge >= 0.3 is 0 Å². The average molecular weight is 297 g/mol.